The van der Waals surface area contributed by atoms with E-state index in [4.69, 9.17) is 20.6 Å². The summed E-state index contributed by atoms with van der Waals surface area (Å²) in [5, 5.41) is 23.2. The number of nitrogens with one attached hydrogen (secondary N) is 3. The minimum atomic E-state index is -0.701. The Hall–Kier alpha value is -5.55. The zero-order chi connectivity index (χ0) is 32.6. The van der Waals surface area contributed by atoms with Gasteiger partial charge >= 0.3 is 5.97 Å². The SMILES string of the molecule is COc1ccc(-c2ccc(C(=O)NC(CO)C3CCC3)cc2C(=O)OCc2ccccc2)c(C(=O)Nc2ccc(C(=N)N)cc2)n1. The lowest BCUT2D eigenvalue weighted by Crippen LogP contribution is -2.45. The third-order valence-corrected chi connectivity index (χ3v) is 7.98. The van der Waals surface area contributed by atoms with E-state index < -0.39 is 17.8 Å². The van der Waals surface area contributed by atoms with Gasteiger partial charge in [-0.2, -0.15) is 0 Å². The summed E-state index contributed by atoms with van der Waals surface area (Å²) in [4.78, 5) is 45.0. The molecule has 6 N–H and O–H groups in total. The van der Waals surface area contributed by atoms with Crippen LogP contribution in [0.4, 0.5) is 5.69 Å². The molecule has 46 heavy (non-hydrogen) atoms. The predicted octanol–water partition coefficient (Wildman–Crippen LogP) is 4.54. The molecule has 11 heteroatoms. The molecule has 1 unspecified atom stereocenters. The van der Waals surface area contributed by atoms with Crippen LogP contribution < -0.4 is 21.1 Å². The molecule has 11 nitrogen and oxygen atoms in total. The van der Waals surface area contributed by atoms with Crippen molar-refractivity contribution in [2.75, 3.05) is 19.0 Å². The average Bonchev–Trinajstić information content (AvgIpc) is 3.06. The van der Waals surface area contributed by atoms with Crippen molar-refractivity contribution < 1.29 is 29.0 Å². The van der Waals surface area contributed by atoms with Gasteiger partial charge in [0.25, 0.3) is 11.8 Å². The number of benzene rings is 3. The average molecular weight is 622 g/mol. The first kappa shape index (κ1) is 31.9. The maximum absolute atomic E-state index is 13.6. The van der Waals surface area contributed by atoms with Crippen LogP contribution in [-0.4, -0.2) is 53.5 Å². The standard InChI is InChI=1S/C35H35N5O6/c1-45-30-17-16-27(31(40-30)34(43)38-25-13-10-23(11-14-25)32(36)37)26-15-12-24(33(42)39-29(19-41)22-8-5-9-22)18-28(26)35(44)46-20-21-6-3-2-4-7-21/h2-4,6-7,10-18,22,29,41H,5,8-9,19-20H2,1H3,(H3,36,37)(H,38,43)(H,39,42). The summed E-state index contributed by atoms with van der Waals surface area (Å²) in [6.45, 7) is -0.192. The van der Waals surface area contributed by atoms with Crippen LogP contribution in [0.15, 0.2) is 84.9 Å². The van der Waals surface area contributed by atoms with E-state index in [0.717, 1.165) is 24.8 Å². The molecule has 0 saturated heterocycles. The molecule has 1 fully saturated rings. The molecular weight excluding hydrogens is 586 g/mol. The third-order valence-electron chi connectivity index (χ3n) is 7.98. The van der Waals surface area contributed by atoms with Crippen LogP contribution in [-0.2, 0) is 11.3 Å². The summed E-state index contributed by atoms with van der Waals surface area (Å²) >= 11 is 0. The first-order chi connectivity index (χ1) is 22.3. The maximum atomic E-state index is 13.6. The molecule has 1 aliphatic carbocycles. The zero-order valence-corrected chi connectivity index (χ0v) is 25.3. The molecule has 2 amide bonds. The second kappa shape index (κ2) is 14.5. The molecule has 236 valence electrons. The Morgan fingerprint density at radius 2 is 1.65 bits per heavy atom. The molecule has 0 bridgehead atoms. The largest absolute Gasteiger partial charge is 0.481 e. The number of nitrogens with two attached hydrogens (primary N) is 1. The number of hydrogen-bond acceptors (Lipinski definition) is 8. The quantitative estimate of drug-likeness (QED) is 0.0870. The number of ether oxygens (including phenoxy) is 2. The Morgan fingerprint density at radius 3 is 2.28 bits per heavy atom. The van der Waals surface area contributed by atoms with Gasteiger partial charge in [0.15, 0.2) is 0 Å². The second-order valence-electron chi connectivity index (χ2n) is 11.0. The predicted molar refractivity (Wildman–Crippen MR) is 173 cm³/mol. The number of methoxy groups -OCH3 is 1. The van der Waals surface area contributed by atoms with E-state index in [2.05, 4.69) is 15.6 Å². The van der Waals surface area contributed by atoms with Crippen molar-refractivity contribution in [1.82, 2.24) is 10.3 Å². The molecule has 0 spiro atoms. The van der Waals surface area contributed by atoms with E-state index in [1.165, 1.54) is 13.2 Å². The van der Waals surface area contributed by atoms with Crippen molar-refractivity contribution in [2.45, 2.75) is 31.9 Å². The van der Waals surface area contributed by atoms with Gasteiger partial charge in [-0.15, -0.1) is 0 Å². The summed E-state index contributed by atoms with van der Waals surface area (Å²) in [7, 11) is 1.42. The van der Waals surface area contributed by atoms with Crippen molar-refractivity contribution in [3.05, 3.63) is 113 Å². The molecule has 1 aromatic heterocycles. The Kier molecular flexibility index (Phi) is 10.0. The highest BCUT2D eigenvalue weighted by Crippen LogP contribution is 2.32. The number of esters is 1. The number of aromatic nitrogens is 1. The molecular formula is C35H35N5O6. The van der Waals surface area contributed by atoms with Gasteiger partial charge in [-0.3, -0.25) is 15.0 Å². The Bertz CT molecular complexity index is 1740. The minimum absolute atomic E-state index is 0.00569. The fraction of sp³-hybridized carbons (Fsp3) is 0.229. The summed E-state index contributed by atoms with van der Waals surface area (Å²) in [5.74, 6) is -1.44. The number of pyridine rings is 1. The monoisotopic (exact) mass is 621 g/mol. The molecule has 1 heterocycles. The smallest absolute Gasteiger partial charge is 0.339 e. The van der Waals surface area contributed by atoms with Crippen LogP contribution in [0.1, 0.15) is 61.6 Å². The molecule has 1 saturated carbocycles. The molecule has 1 atom stereocenters. The van der Waals surface area contributed by atoms with Crippen LogP contribution >= 0.6 is 0 Å². The van der Waals surface area contributed by atoms with E-state index in [9.17, 15) is 19.5 Å². The van der Waals surface area contributed by atoms with Crippen molar-refractivity contribution in [3.8, 4) is 17.0 Å². The zero-order valence-electron chi connectivity index (χ0n) is 25.3. The van der Waals surface area contributed by atoms with Gasteiger partial charge in [-0.25, -0.2) is 9.78 Å². The number of carbonyl (C=O) groups excluding carboxylic acids is 3. The number of carbonyl (C=O) groups is 3. The topological polar surface area (TPSA) is 177 Å². The minimum Gasteiger partial charge on any atom is -0.481 e. The van der Waals surface area contributed by atoms with E-state index in [1.807, 2.05) is 30.3 Å². The molecule has 5 rings (SSSR count). The third kappa shape index (κ3) is 7.39. The van der Waals surface area contributed by atoms with Gasteiger partial charge in [-0.1, -0.05) is 42.8 Å². The van der Waals surface area contributed by atoms with Crippen molar-refractivity contribution in [2.24, 2.45) is 11.7 Å². The van der Waals surface area contributed by atoms with E-state index in [1.54, 1.807) is 48.5 Å². The van der Waals surface area contributed by atoms with Gasteiger partial charge in [0.05, 0.1) is 25.3 Å². The number of amides is 2. The molecule has 0 radical (unpaired) electrons. The first-order valence-electron chi connectivity index (χ1n) is 14.9. The second-order valence-corrected chi connectivity index (χ2v) is 11.0. The van der Waals surface area contributed by atoms with Crippen LogP contribution in [0.2, 0.25) is 0 Å². The number of anilines is 1. The van der Waals surface area contributed by atoms with Crippen molar-refractivity contribution >= 4 is 29.3 Å². The fourth-order valence-corrected chi connectivity index (χ4v) is 5.17. The Labute approximate surface area is 266 Å². The van der Waals surface area contributed by atoms with Gasteiger partial charge < -0.3 is 30.9 Å². The Morgan fingerprint density at radius 1 is 0.957 bits per heavy atom. The van der Waals surface area contributed by atoms with Gasteiger partial charge in [0.1, 0.15) is 18.1 Å². The Balaban J connectivity index is 1.51. The normalized spacial score (nSPS) is 13.2. The number of hydrogen-bond donors (Lipinski definition) is 5. The van der Waals surface area contributed by atoms with Crippen molar-refractivity contribution in [3.63, 3.8) is 0 Å². The molecule has 0 aliphatic heterocycles. The van der Waals surface area contributed by atoms with Crippen LogP contribution in [0, 0.1) is 11.3 Å². The van der Waals surface area contributed by atoms with Crippen LogP contribution in [0.3, 0.4) is 0 Å². The summed E-state index contributed by atoms with van der Waals surface area (Å²) in [6, 6.07) is 23.0. The van der Waals surface area contributed by atoms with Crippen LogP contribution in [0.25, 0.3) is 11.1 Å². The number of nitrogens with zero attached hydrogens (tertiary/aromatic N) is 1. The lowest BCUT2D eigenvalue weighted by atomic mass is 9.80. The molecule has 1 aliphatic rings. The highest BCUT2D eigenvalue weighted by Gasteiger charge is 2.29. The summed E-state index contributed by atoms with van der Waals surface area (Å²) in [6.07, 6.45) is 2.91. The van der Waals surface area contributed by atoms with E-state index in [0.29, 0.717) is 22.4 Å². The van der Waals surface area contributed by atoms with Gasteiger partial charge in [0.2, 0.25) is 5.88 Å². The first-order valence-corrected chi connectivity index (χ1v) is 14.9. The van der Waals surface area contributed by atoms with Gasteiger partial charge in [0, 0.05) is 28.4 Å². The number of amidine groups is 1. The molecule has 3 aromatic carbocycles. The number of aliphatic hydroxyl groups is 1. The summed E-state index contributed by atoms with van der Waals surface area (Å²) < 4.78 is 11.0. The summed E-state index contributed by atoms with van der Waals surface area (Å²) in [5.41, 5.74) is 8.10. The van der Waals surface area contributed by atoms with Crippen molar-refractivity contribution in [1.29, 1.82) is 5.41 Å². The molecule has 4 aromatic rings. The van der Waals surface area contributed by atoms with E-state index >= 15 is 0 Å². The lowest BCUT2D eigenvalue weighted by molar-refractivity contribution is 0.0473. The number of rotatable bonds is 12. The maximum Gasteiger partial charge on any atom is 0.339 e. The van der Waals surface area contributed by atoms with Crippen LogP contribution in [0.5, 0.6) is 5.88 Å². The number of nitrogen functional groups attached to an aromatic ring is 1. The fourth-order valence-electron chi connectivity index (χ4n) is 5.17. The van der Waals surface area contributed by atoms with E-state index in [-0.39, 0.29) is 53.7 Å². The van der Waals surface area contributed by atoms with Gasteiger partial charge in [-0.05, 0) is 72.4 Å². The highest BCUT2D eigenvalue weighted by molar-refractivity contribution is 6.10. The highest BCUT2D eigenvalue weighted by atomic mass is 16.5. The number of aliphatic hydroxyl groups excluding tert-OH is 1. The lowest BCUT2D eigenvalue weighted by Gasteiger charge is -2.33.